The molecule has 12 nitrogen and oxygen atoms in total. The van der Waals surface area contributed by atoms with Crippen molar-refractivity contribution in [3.63, 3.8) is 0 Å². The molecule has 2 aliphatic rings. The molecule has 2 rings (SSSR count). The van der Waals surface area contributed by atoms with Crippen molar-refractivity contribution in [3.05, 3.63) is 0 Å². The van der Waals surface area contributed by atoms with E-state index in [0.29, 0.717) is 6.42 Å². The van der Waals surface area contributed by atoms with Crippen molar-refractivity contribution >= 4 is 5.97 Å². The molecule has 2 saturated heterocycles. The first-order valence-corrected chi connectivity index (χ1v) is 13.0. The molecule has 36 heavy (non-hydrogen) atoms. The lowest BCUT2D eigenvalue weighted by Gasteiger charge is -2.45. The zero-order valence-corrected chi connectivity index (χ0v) is 20.9. The fourth-order valence-corrected chi connectivity index (χ4v) is 4.38. The van der Waals surface area contributed by atoms with Crippen LogP contribution in [0.2, 0.25) is 0 Å². The average Bonchev–Trinajstić information content (AvgIpc) is 2.87. The van der Waals surface area contributed by atoms with E-state index < -0.39 is 80.6 Å². The maximum absolute atomic E-state index is 12.1. The minimum absolute atomic E-state index is 0.202. The first kappa shape index (κ1) is 31.3. The number of ether oxygens (including phenoxy) is 4. The van der Waals surface area contributed by atoms with E-state index >= 15 is 0 Å². The second-order valence-corrected chi connectivity index (χ2v) is 9.61. The molecule has 7 unspecified atom stereocenters. The Balaban J connectivity index is 1.78. The van der Waals surface area contributed by atoms with E-state index in [1.165, 1.54) is 32.1 Å². The largest absolute Gasteiger partial charge is 0.463 e. The predicted octanol–water partition coefficient (Wildman–Crippen LogP) is -0.925. The standard InChI is InChI=1S/C24H44O12/c1-2-3-4-5-6-7-8-9-10-11-16(26)33-13-15-17(27)18(28)21(31)24(35-15)36-22-14(12-25)34-23(32)20(30)19(22)29/h14-15,17-25,27-32H,2-13H2,1H3/t14?,15?,17-,18?,19?,20?,21?,22-,23?,24-/m1/s1. The summed E-state index contributed by atoms with van der Waals surface area (Å²) in [5.41, 5.74) is 0. The molecule has 0 saturated carbocycles. The van der Waals surface area contributed by atoms with Crippen LogP contribution in [0.3, 0.4) is 0 Å². The highest BCUT2D eigenvalue weighted by Gasteiger charge is 2.50. The quantitative estimate of drug-likeness (QED) is 0.103. The minimum Gasteiger partial charge on any atom is -0.463 e. The third-order valence-electron chi connectivity index (χ3n) is 6.69. The zero-order valence-electron chi connectivity index (χ0n) is 20.9. The van der Waals surface area contributed by atoms with Gasteiger partial charge in [0.1, 0.15) is 55.4 Å². The lowest BCUT2D eigenvalue weighted by Crippen LogP contribution is -2.64. The van der Waals surface area contributed by atoms with Gasteiger partial charge in [0.2, 0.25) is 0 Å². The van der Waals surface area contributed by atoms with Gasteiger partial charge in [-0.1, -0.05) is 58.3 Å². The smallest absolute Gasteiger partial charge is 0.305 e. The molecule has 0 radical (unpaired) electrons. The Bertz CT molecular complexity index is 620. The number of hydrogen-bond acceptors (Lipinski definition) is 12. The van der Waals surface area contributed by atoms with Crippen molar-refractivity contribution in [2.45, 2.75) is 133 Å². The van der Waals surface area contributed by atoms with Crippen molar-refractivity contribution in [2.24, 2.45) is 0 Å². The summed E-state index contributed by atoms with van der Waals surface area (Å²) in [6, 6.07) is 0. The van der Waals surface area contributed by atoms with Gasteiger partial charge in [-0.05, 0) is 6.42 Å². The Labute approximate surface area is 211 Å². The lowest BCUT2D eigenvalue weighted by atomic mass is 9.97. The molecule has 2 aliphatic heterocycles. The maximum Gasteiger partial charge on any atom is 0.305 e. The van der Waals surface area contributed by atoms with Gasteiger partial charge in [-0.3, -0.25) is 4.79 Å². The minimum atomic E-state index is -1.76. The van der Waals surface area contributed by atoms with Crippen LogP contribution in [0, 0.1) is 0 Å². The second kappa shape index (κ2) is 16.1. The summed E-state index contributed by atoms with van der Waals surface area (Å²) in [4.78, 5) is 12.1. The van der Waals surface area contributed by atoms with E-state index in [2.05, 4.69) is 6.92 Å². The number of unbranched alkanes of at least 4 members (excludes halogenated alkanes) is 8. The van der Waals surface area contributed by atoms with Crippen LogP contribution in [0.5, 0.6) is 0 Å². The highest BCUT2D eigenvalue weighted by molar-refractivity contribution is 5.69. The summed E-state index contributed by atoms with van der Waals surface area (Å²) in [5, 5.41) is 69.9. The molecule has 212 valence electrons. The van der Waals surface area contributed by atoms with Gasteiger partial charge in [-0.25, -0.2) is 0 Å². The van der Waals surface area contributed by atoms with Crippen LogP contribution in [0.25, 0.3) is 0 Å². The molecule has 0 aromatic heterocycles. The Morgan fingerprint density at radius 1 is 0.722 bits per heavy atom. The molecule has 10 atom stereocenters. The van der Waals surface area contributed by atoms with E-state index in [1.807, 2.05) is 0 Å². The summed E-state index contributed by atoms with van der Waals surface area (Å²) in [7, 11) is 0. The molecule has 7 N–H and O–H groups in total. The van der Waals surface area contributed by atoms with Crippen LogP contribution in [-0.4, -0.2) is 116 Å². The molecule has 0 aromatic rings. The van der Waals surface area contributed by atoms with E-state index in [0.717, 1.165) is 19.3 Å². The number of hydrogen-bond donors (Lipinski definition) is 7. The van der Waals surface area contributed by atoms with Gasteiger partial charge in [-0.2, -0.15) is 0 Å². The Hall–Kier alpha value is -0.930. The predicted molar refractivity (Wildman–Crippen MR) is 124 cm³/mol. The fourth-order valence-electron chi connectivity index (χ4n) is 4.38. The van der Waals surface area contributed by atoms with Crippen LogP contribution >= 0.6 is 0 Å². The molecule has 0 aliphatic carbocycles. The Morgan fingerprint density at radius 2 is 1.33 bits per heavy atom. The van der Waals surface area contributed by atoms with E-state index in [4.69, 9.17) is 18.9 Å². The van der Waals surface area contributed by atoms with E-state index in [-0.39, 0.29) is 6.42 Å². The van der Waals surface area contributed by atoms with Gasteiger partial charge in [0.25, 0.3) is 0 Å². The monoisotopic (exact) mass is 524 g/mol. The normalized spacial score (nSPS) is 37.1. The molecule has 2 fully saturated rings. The molecule has 0 amide bonds. The number of aliphatic hydroxyl groups is 7. The number of aliphatic hydroxyl groups excluding tert-OH is 7. The van der Waals surface area contributed by atoms with Gasteiger partial charge in [-0.15, -0.1) is 0 Å². The van der Waals surface area contributed by atoms with Crippen molar-refractivity contribution in [1.29, 1.82) is 0 Å². The second-order valence-electron chi connectivity index (χ2n) is 9.61. The summed E-state index contributed by atoms with van der Waals surface area (Å²) in [5.74, 6) is -0.486. The zero-order chi connectivity index (χ0) is 26.7. The summed E-state index contributed by atoms with van der Waals surface area (Å²) >= 11 is 0. The fraction of sp³-hybridized carbons (Fsp3) is 0.958. The lowest BCUT2D eigenvalue weighted by molar-refractivity contribution is -0.355. The molecule has 2 heterocycles. The van der Waals surface area contributed by atoms with E-state index in [1.54, 1.807) is 0 Å². The van der Waals surface area contributed by atoms with Crippen LogP contribution < -0.4 is 0 Å². The van der Waals surface area contributed by atoms with Crippen LogP contribution in [0.15, 0.2) is 0 Å². The summed E-state index contributed by atoms with van der Waals surface area (Å²) < 4.78 is 21.1. The third kappa shape index (κ3) is 9.12. The van der Waals surface area contributed by atoms with Gasteiger partial charge < -0.3 is 54.7 Å². The molecule has 0 spiro atoms. The van der Waals surface area contributed by atoms with Crippen molar-refractivity contribution in [2.75, 3.05) is 13.2 Å². The highest BCUT2D eigenvalue weighted by Crippen LogP contribution is 2.28. The van der Waals surface area contributed by atoms with E-state index in [9.17, 15) is 40.5 Å². The van der Waals surface area contributed by atoms with Crippen LogP contribution in [0.1, 0.15) is 71.1 Å². The number of carbonyl (C=O) groups excluding carboxylic acids is 1. The SMILES string of the molecule is CCCCCCCCCCCC(=O)OCC1O[C@H](O[C@@H]2C(CO)OC(O)C(O)C2O)C(O)C(O)[C@@H]1O. The van der Waals surface area contributed by atoms with Gasteiger partial charge in [0, 0.05) is 6.42 Å². The molecular weight excluding hydrogens is 480 g/mol. The van der Waals surface area contributed by atoms with Gasteiger partial charge in [0.05, 0.1) is 6.61 Å². The average molecular weight is 525 g/mol. The van der Waals surface area contributed by atoms with Gasteiger partial charge >= 0.3 is 5.97 Å². The number of carbonyl (C=O) groups is 1. The third-order valence-corrected chi connectivity index (χ3v) is 6.69. The number of esters is 1. The van der Waals surface area contributed by atoms with Crippen LogP contribution in [0.4, 0.5) is 0 Å². The highest BCUT2D eigenvalue weighted by atomic mass is 16.7. The number of rotatable bonds is 15. The first-order valence-electron chi connectivity index (χ1n) is 13.0. The summed E-state index contributed by atoms with van der Waals surface area (Å²) in [6.45, 7) is 1.08. The molecule has 0 bridgehead atoms. The molecule has 12 heteroatoms. The molecule has 0 aromatic carbocycles. The van der Waals surface area contributed by atoms with Crippen molar-refractivity contribution in [1.82, 2.24) is 0 Å². The molecular formula is C24H44O12. The first-order chi connectivity index (χ1) is 17.2. The Morgan fingerprint density at radius 3 is 1.94 bits per heavy atom. The topological polar surface area (TPSA) is 196 Å². The summed E-state index contributed by atoms with van der Waals surface area (Å²) in [6.07, 6.45) is -5.75. The van der Waals surface area contributed by atoms with Crippen molar-refractivity contribution < 1.29 is 59.5 Å². The maximum atomic E-state index is 12.1. The Kier molecular flexibility index (Phi) is 14.0. The van der Waals surface area contributed by atoms with Crippen LogP contribution in [-0.2, 0) is 23.7 Å². The van der Waals surface area contributed by atoms with Crippen molar-refractivity contribution in [3.8, 4) is 0 Å². The van der Waals surface area contributed by atoms with Gasteiger partial charge in [0.15, 0.2) is 12.6 Å².